The van der Waals surface area contributed by atoms with Gasteiger partial charge in [0.2, 0.25) is 5.91 Å². The molecule has 1 amide bonds. The van der Waals surface area contributed by atoms with Crippen molar-refractivity contribution in [1.29, 1.82) is 0 Å². The second-order valence-electron chi connectivity index (χ2n) is 6.42. The van der Waals surface area contributed by atoms with Crippen molar-refractivity contribution in [3.05, 3.63) is 29.8 Å². The van der Waals surface area contributed by atoms with Gasteiger partial charge in [0.1, 0.15) is 5.75 Å². The van der Waals surface area contributed by atoms with Crippen LogP contribution in [0.1, 0.15) is 58.6 Å². The summed E-state index contributed by atoms with van der Waals surface area (Å²) < 4.78 is 5.35. The normalized spacial score (nSPS) is 13.6. The second kappa shape index (κ2) is 11.1. The monoisotopic (exact) mass is 334 g/mol. The van der Waals surface area contributed by atoms with Gasteiger partial charge in [-0.2, -0.15) is 0 Å². The molecule has 0 saturated heterocycles. The number of methoxy groups -OCH3 is 1. The Hall–Kier alpha value is -1.55. The van der Waals surface area contributed by atoms with E-state index >= 15 is 0 Å². The van der Waals surface area contributed by atoms with E-state index in [1.807, 2.05) is 12.1 Å². The van der Waals surface area contributed by atoms with Crippen LogP contribution in [-0.4, -0.2) is 37.6 Å². The van der Waals surface area contributed by atoms with Gasteiger partial charge in [-0.3, -0.25) is 9.69 Å². The summed E-state index contributed by atoms with van der Waals surface area (Å²) >= 11 is 0. The van der Waals surface area contributed by atoms with Gasteiger partial charge in [-0.25, -0.2) is 0 Å². The van der Waals surface area contributed by atoms with Crippen LogP contribution in [0.5, 0.6) is 5.75 Å². The molecule has 0 heterocycles. The first-order valence-electron chi connectivity index (χ1n) is 9.20. The van der Waals surface area contributed by atoms with Gasteiger partial charge in [-0.15, -0.1) is 0 Å². The van der Waals surface area contributed by atoms with Gasteiger partial charge in [0.05, 0.1) is 13.2 Å². The molecule has 136 valence electrons. The van der Waals surface area contributed by atoms with Gasteiger partial charge >= 0.3 is 0 Å². The van der Waals surface area contributed by atoms with E-state index in [-0.39, 0.29) is 11.9 Å². The first kappa shape index (κ1) is 20.5. The predicted octanol–water partition coefficient (Wildman–Crippen LogP) is 4.02. The highest BCUT2D eigenvalue weighted by atomic mass is 16.5. The van der Waals surface area contributed by atoms with E-state index in [9.17, 15) is 4.79 Å². The maximum Gasteiger partial charge on any atom is 0.220 e. The smallest absolute Gasteiger partial charge is 0.220 e. The number of nitrogens with zero attached hydrogens (tertiary/aromatic N) is 1. The lowest BCUT2D eigenvalue weighted by Crippen LogP contribution is -2.38. The number of amides is 1. The van der Waals surface area contributed by atoms with Crippen LogP contribution in [0.25, 0.3) is 0 Å². The molecule has 0 bridgehead atoms. The number of benzene rings is 1. The first-order chi connectivity index (χ1) is 11.5. The number of ether oxygens (including phenoxy) is 1. The van der Waals surface area contributed by atoms with Crippen LogP contribution in [0.15, 0.2) is 24.3 Å². The Morgan fingerprint density at radius 3 is 2.54 bits per heavy atom. The minimum atomic E-state index is 0.149. The summed E-state index contributed by atoms with van der Waals surface area (Å²) in [5.74, 6) is 1.45. The van der Waals surface area contributed by atoms with Crippen molar-refractivity contribution in [2.45, 2.75) is 53.0 Å². The van der Waals surface area contributed by atoms with E-state index in [4.69, 9.17) is 4.74 Å². The molecule has 0 radical (unpaired) electrons. The third-order valence-electron chi connectivity index (χ3n) is 4.54. The average molecular weight is 335 g/mol. The number of hydrogen-bond donors (Lipinski definition) is 1. The fourth-order valence-corrected chi connectivity index (χ4v) is 3.16. The van der Waals surface area contributed by atoms with Crippen molar-refractivity contribution in [3.8, 4) is 5.75 Å². The van der Waals surface area contributed by atoms with Crippen LogP contribution >= 0.6 is 0 Å². The quantitative estimate of drug-likeness (QED) is 0.664. The van der Waals surface area contributed by atoms with Crippen LogP contribution in [0.4, 0.5) is 0 Å². The van der Waals surface area contributed by atoms with Crippen molar-refractivity contribution in [2.75, 3.05) is 26.7 Å². The Morgan fingerprint density at radius 1 is 1.25 bits per heavy atom. The Labute approximate surface area is 147 Å². The molecule has 0 aliphatic heterocycles. The molecule has 1 N–H and O–H groups in total. The zero-order valence-corrected chi connectivity index (χ0v) is 16.0. The zero-order chi connectivity index (χ0) is 17.9. The summed E-state index contributed by atoms with van der Waals surface area (Å²) in [6.07, 6.45) is 2.83. The SMILES string of the molecule is CCCC(C)CC(=O)NCC(c1cccc(OC)c1)N(CC)CC. The van der Waals surface area contributed by atoms with Crippen molar-refractivity contribution < 1.29 is 9.53 Å². The van der Waals surface area contributed by atoms with Crippen molar-refractivity contribution in [2.24, 2.45) is 5.92 Å². The molecule has 4 nitrogen and oxygen atoms in total. The lowest BCUT2D eigenvalue weighted by molar-refractivity contribution is -0.122. The van der Waals surface area contributed by atoms with E-state index in [1.54, 1.807) is 7.11 Å². The minimum Gasteiger partial charge on any atom is -0.497 e. The van der Waals surface area contributed by atoms with E-state index in [0.29, 0.717) is 18.9 Å². The van der Waals surface area contributed by atoms with Crippen molar-refractivity contribution >= 4 is 5.91 Å². The Kier molecular flexibility index (Phi) is 9.46. The molecule has 2 atom stereocenters. The van der Waals surface area contributed by atoms with E-state index in [2.05, 4.69) is 50.0 Å². The van der Waals surface area contributed by atoms with E-state index < -0.39 is 0 Å². The minimum absolute atomic E-state index is 0.149. The van der Waals surface area contributed by atoms with Crippen LogP contribution in [0, 0.1) is 5.92 Å². The summed E-state index contributed by atoms with van der Waals surface area (Å²) in [5, 5.41) is 3.14. The summed E-state index contributed by atoms with van der Waals surface area (Å²) in [6.45, 7) is 11.1. The van der Waals surface area contributed by atoms with Crippen LogP contribution in [0.3, 0.4) is 0 Å². The molecule has 0 fully saturated rings. The molecule has 4 heteroatoms. The highest BCUT2D eigenvalue weighted by Crippen LogP contribution is 2.24. The fraction of sp³-hybridized carbons (Fsp3) is 0.650. The molecular formula is C20H34N2O2. The van der Waals surface area contributed by atoms with Gasteiger partial charge in [-0.05, 0) is 36.7 Å². The number of likely N-dealkylation sites (N-methyl/N-ethyl adjacent to an activating group) is 1. The highest BCUT2D eigenvalue weighted by molar-refractivity contribution is 5.76. The molecule has 0 aromatic heterocycles. The predicted molar refractivity (Wildman–Crippen MR) is 100 cm³/mol. The maximum atomic E-state index is 12.2. The molecule has 1 aromatic rings. The van der Waals surface area contributed by atoms with Crippen molar-refractivity contribution in [1.82, 2.24) is 10.2 Å². The fourth-order valence-electron chi connectivity index (χ4n) is 3.16. The van der Waals surface area contributed by atoms with Gasteiger partial charge in [0.15, 0.2) is 0 Å². The molecule has 24 heavy (non-hydrogen) atoms. The molecule has 2 unspecified atom stereocenters. The Balaban J connectivity index is 2.78. The molecule has 1 rings (SSSR count). The lowest BCUT2D eigenvalue weighted by atomic mass is 10.0. The summed E-state index contributed by atoms with van der Waals surface area (Å²) in [5.41, 5.74) is 1.18. The van der Waals surface area contributed by atoms with E-state index in [1.165, 1.54) is 5.56 Å². The van der Waals surface area contributed by atoms with Gasteiger partial charge in [-0.1, -0.05) is 52.7 Å². The number of carbonyl (C=O) groups is 1. The number of hydrogen-bond acceptors (Lipinski definition) is 3. The Bertz CT molecular complexity index is 486. The highest BCUT2D eigenvalue weighted by Gasteiger charge is 2.19. The second-order valence-corrected chi connectivity index (χ2v) is 6.42. The maximum absolute atomic E-state index is 12.2. The lowest BCUT2D eigenvalue weighted by Gasteiger charge is -2.30. The largest absolute Gasteiger partial charge is 0.497 e. The Morgan fingerprint density at radius 2 is 1.96 bits per heavy atom. The van der Waals surface area contributed by atoms with Crippen molar-refractivity contribution in [3.63, 3.8) is 0 Å². The number of rotatable bonds is 11. The molecule has 0 spiro atoms. The standard InChI is InChI=1S/C20H34N2O2/c1-6-10-16(4)13-20(23)21-15-19(22(7-2)8-3)17-11-9-12-18(14-17)24-5/h9,11-12,14,16,19H,6-8,10,13,15H2,1-5H3,(H,21,23). The van der Waals surface area contributed by atoms with E-state index in [0.717, 1.165) is 31.7 Å². The van der Waals surface area contributed by atoms with Crippen LogP contribution in [-0.2, 0) is 4.79 Å². The first-order valence-corrected chi connectivity index (χ1v) is 9.20. The molecule has 0 saturated carbocycles. The summed E-state index contributed by atoms with van der Waals surface area (Å²) in [7, 11) is 1.68. The van der Waals surface area contributed by atoms with Gasteiger partial charge in [0, 0.05) is 13.0 Å². The van der Waals surface area contributed by atoms with Gasteiger partial charge < -0.3 is 10.1 Å². The van der Waals surface area contributed by atoms with Gasteiger partial charge in [0.25, 0.3) is 0 Å². The summed E-state index contributed by atoms with van der Waals surface area (Å²) in [4.78, 5) is 14.6. The third-order valence-corrected chi connectivity index (χ3v) is 4.54. The molecule has 0 aliphatic carbocycles. The average Bonchev–Trinajstić information content (AvgIpc) is 2.58. The summed E-state index contributed by atoms with van der Waals surface area (Å²) in [6, 6.07) is 8.30. The number of nitrogens with one attached hydrogen (secondary N) is 1. The van der Waals surface area contributed by atoms with Crippen LogP contribution in [0.2, 0.25) is 0 Å². The topological polar surface area (TPSA) is 41.6 Å². The third kappa shape index (κ3) is 6.52. The molecular weight excluding hydrogens is 300 g/mol. The number of carbonyl (C=O) groups excluding carboxylic acids is 1. The van der Waals surface area contributed by atoms with Crippen LogP contribution < -0.4 is 10.1 Å². The molecule has 1 aromatic carbocycles. The molecule has 0 aliphatic rings. The zero-order valence-electron chi connectivity index (χ0n) is 16.0.